The molecule has 0 spiro atoms. The summed E-state index contributed by atoms with van der Waals surface area (Å²) in [6, 6.07) is 6.26. The van der Waals surface area contributed by atoms with E-state index in [4.69, 9.17) is 11.6 Å². The van der Waals surface area contributed by atoms with Crippen LogP contribution in [0.5, 0.6) is 0 Å². The van der Waals surface area contributed by atoms with Crippen molar-refractivity contribution >= 4 is 28.9 Å². The highest BCUT2D eigenvalue weighted by Crippen LogP contribution is 2.23. The molecular formula is C14H16ClFN4. The molecule has 0 saturated carbocycles. The number of aromatic nitrogens is 2. The lowest BCUT2D eigenvalue weighted by Gasteiger charge is -2.10. The van der Waals surface area contributed by atoms with Crippen molar-refractivity contribution in [3.8, 4) is 0 Å². The fraction of sp³-hybridized carbons (Fsp3) is 0.286. The van der Waals surface area contributed by atoms with Crippen LogP contribution in [-0.4, -0.2) is 16.5 Å². The molecule has 0 saturated heterocycles. The molecule has 20 heavy (non-hydrogen) atoms. The van der Waals surface area contributed by atoms with E-state index in [0.717, 1.165) is 24.6 Å². The van der Waals surface area contributed by atoms with E-state index < -0.39 is 5.82 Å². The Morgan fingerprint density at radius 2 is 1.90 bits per heavy atom. The number of anilines is 3. The van der Waals surface area contributed by atoms with Gasteiger partial charge in [-0.15, -0.1) is 0 Å². The highest BCUT2D eigenvalue weighted by Gasteiger charge is 2.05. The van der Waals surface area contributed by atoms with E-state index in [1.54, 1.807) is 12.1 Å². The lowest BCUT2D eigenvalue weighted by atomic mass is 10.3. The Balaban J connectivity index is 2.27. The number of hydrogen-bond donors (Lipinski definition) is 2. The number of hydrogen-bond acceptors (Lipinski definition) is 4. The van der Waals surface area contributed by atoms with Gasteiger partial charge in [-0.2, -0.15) is 0 Å². The van der Waals surface area contributed by atoms with E-state index in [9.17, 15) is 4.39 Å². The normalized spacial score (nSPS) is 10.4. The minimum absolute atomic E-state index is 0.0756. The number of rotatable bonds is 5. The Morgan fingerprint density at radius 1 is 1.15 bits per heavy atom. The van der Waals surface area contributed by atoms with Crippen molar-refractivity contribution < 1.29 is 4.39 Å². The van der Waals surface area contributed by atoms with Gasteiger partial charge in [0.2, 0.25) is 0 Å². The zero-order valence-corrected chi connectivity index (χ0v) is 12.1. The molecule has 0 aliphatic carbocycles. The third-order valence-corrected chi connectivity index (χ3v) is 2.93. The van der Waals surface area contributed by atoms with E-state index in [1.807, 2.05) is 13.8 Å². The highest BCUT2D eigenvalue weighted by atomic mass is 35.5. The van der Waals surface area contributed by atoms with Gasteiger partial charge in [-0.1, -0.05) is 18.5 Å². The molecule has 0 radical (unpaired) electrons. The summed E-state index contributed by atoms with van der Waals surface area (Å²) in [7, 11) is 0. The van der Waals surface area contributed by atoms with Gasteiger partial charge in [0, 0.05) is 24.7 Å². The second kappa shape index (κ2) is 6.52. The Morgan fingerprint density at radius 3 is 2.55 bits per heavy atom. The Bertz CT molecular complexity index is 604. The first-order chi connectivity index (χ1) is 9.62. The van der Waals surface area contributed by atoms with Gasteiger partial charge in [0.25, 0.3) is 0 Å². The SMILES string of the molecule is CCNc1cc(Nc2ccc(F)c(Cl)c2)nc(CC)n1. The van der Waals surface area contributed by atoms with E-state index in [1.165, 1.54) is 12.1 Å². The maximum atomic E-state index is 13.1. The maximum absolute atomic E-state index is 13.1. The molecule has 0 fully saturated rings. The Labute approximate surface area is 122 Å². The molecule has 0 bridgehead atoms. The monoisotopic (exact) mass is 294 g/mol. The van der Waals surface area contributed by atoms with Gasteiger partial charge in [0.15, 0.2) is 0 Å². The molecule has 2 aromatic rings. The van der Waals surface area contributed by atoms with E-state index in [0.29, 0.717) is 11.5 Å². The fourth-order valence-electron chi connectivity index (χ4n) is 1.71. The minimum atomic E-state index is -0.442. The van der Waals surface area contributed by atoms with Crippen LogP contribution in [0.3, 0.4) is 0 Å². The van der Waals surface area contributed by atoms with Gasteiger partial charge in [0.05, 0.1) is 5.02 Å². The van der Waals surface area contributed by atoms with Crippen LogP contribution in [-0.2, 0) is 6.42 Å². The summed E-state index contributed by atoms with van der Waals surface area (Å²) in [5, 5.41) is 6.33. The summed E-state index contributed by atoms with van der Waals surface area (Å²) in [5.41, 5.74) is 0.680. The van der Waals surface area contributed by atoms with Crippen molar-refractivity contribution in [1.82, 2.24) is 9.97 Å². The minimum Gasteiger partial charge on any atom is -0.370 e. The van der Waals surface area contributed by atoms with Crippen molar-refractivity contribution in [1.29, 1.82) is 0 Å². The molecule has 2 rings (SSSR count). The summed E-state index contributed by atoms with van der Waals surface area (Å²) >= 11 is 5.76. The first-order valence-electron chi connectivity index (χ1n) is 6.46. The molecule has 2 N–H and O–H groups in total. The van der Waals surface area contributed by atoms with Gasteiger partial charge in [-0.25, -0.2) is 14.4 Å². The zero-order chi connectivity index (χ0) is 14.5. The van der Waals surface area contributed by atoms with E-state index in [2.05, 4.69) is 20.6 Å². The Kier molecular flexibility index (Phi) is 4.74. The number of aryl methyl sites for hydroxylation is 1. The van der Waals surface area contributed by atoms with Crippen LogP contribution in [0.4, 0.5) is 21.7 Å². The predicted molar refractivity (Wildman–Crippen MR) is 80.3 cm³/mol. The van der Waals surface area contributed by atoms with Gasteiger partial charge in [-0.05, 0) is 25.1 Å². The number of benzene rings is 1. The van der Waals surface area contributed by atoms with Crippen molar-refractivity contribution in [2.24, 2.45) is 0 Å². The predicted octanol–water partition coefficient (Wildman–Crippen LogP) is 4.01. The molecule has 6 heteroatoms. The topological polar surface area (TPSA) is 49.8 Å². The largest absolute Gasteiger partial charge is 0.370 e. The summed E-state index contributed by atoms with van der Waals surface area (Å²) < 4.78 is 13.1. The van der Waals surface area contributed by atoms with Gasteiger partial charge in [0.1, 0.15) is 23.3 Å². The lowest BCUT2D eigenvalue weighted by Crippen LogP contribution is -2.05. The van der Waals surface area contributed by atoms with Crippen LogP contribution in [0.15, 0.2) is 24.3 Å². The lowest BCUT2D eigenvalue weighted by molar-refractivity contribution is 0.628. The van der Waals surface area contributed by atoms with E-state index >= 15 is 0 Å². The third-order valence-electron chi connectivity index (χ3n) is 2.64. The quantitative estimate of drug-likeness (QED) is 0.875. The zero-order valence-electron chi connectivity index (χ0n) is 11.4. The number of nitrogens with one attached hydrogen (secondary N) is 2. The number of halogens is 2. The molecule has 4 nitrogen and oxygen atoms in total. The summed E-state index contributed by atoms with van der Waals surface area (Å²) in [6.07, 6.45) is 0.734. The van der Waals surface area contributed by atoms with E-state index in [-0.39, 0.29) is 5.02 Å². The van der Waals surface area contributed by atoms with Crippen LogP contribution >= 0.6 is 11.6 Å². The second-order valence-electron chi connectivity index (χ2n) is 4.19. The first kappa shape index (κ1) is 14.5. The molecule has 1 heterocycles. The summed E-state index contributed by atoms with van der Waals surface area (Å²) in [5.74, 6) is 1.70. The molecular weight excluding hydrogens is 279 g/mol. The maximum Gasteiger partial charge on any atom is 0.141 e. The Hall–Kier alpha value is -1.88. The van der Waals surface area contributed by atoms with Crippen LogP contribution in [0, 0.1) is 5.82 Å². The molecule has 0 amide bonds. The summed E-state index contributed by atoms with van der Waals surface area (Å²) in [6.45, 7) is 4.77. The third kappa shape index (κ3) is 3.57. The molecule has 1 aromatic heterocycles. The highest BCUT2D eigenvalue weighted by molar-refractivity contribution is 6.31. The van der Waals surface area contributed by atoms with Crippen LogP contribution in [0.25, 0.3) is 0 Å². The van der Waals surface area contributed by atoms with Crippen LogP contribution in [0.1, 0.15) is 19.7 Å². The average Bonchev–Trinajstić information content (AvgIpc) is 2.43. The smallest absolute Gasteiger partial charge is 0.141 e. The molecule has 0 aliphatic heterocycles. The molecule has 1 aromatic carbocycles. The second-order valence-corrected chi connectivity index (χ2v) is 4.60. The summed E-state index contributed by atoms with van der Waals surface area (Å²) in [4.78, 5) is 8.75. The molecule has 0 aliphatic rings. The fourth-order valence-corrected chi connectivity index (χ4v) is 1.89. The molecule has 0 atom stereocenters. The van der Waals surface area contributed by atoms with Crippen LogP contribution < -0.4 is 10.6 Å². The molecule has 106 valence electrons. The first-order valence-corrected chi connectivity index (χ1v) is 6.84. The van der Waals surface area contributed by atoms with Gasteiger partial charge in [-0.3, -0.25) is 0 Å². The van der Waals surface area contributed by atoms with Gasteiger partial charge < -0.3 is 10.6 Å². The van der Waals surface area contributed by atoms with Crippen molar-refractivity contribution in [3.63, 3.8) is 0 Å². The van der Waals surface area contributed by atoms with Crippen molar-refractivity contribution in [3.05, 3.63) is 40.9 Å². The van der Waals surface area contributed by atoms with Crippen LogP contribution in [0.2, 0.25) is 5.02 Å². The standard InChI is InChI=1S/C14H16ClFN4/c1-3-12-19-13(17-4-2)8-14(20-12)18-9-5-6-11(16)10(15)7-9/h5-8H,3-4H2,1-2H3,(H2,17,18,19,20). The molecule has 0 unspecified atom stereocenters. The van der Waals surface area contributed by atoms with Crippen molar-refractivity contribution in [2.75, 3.05) is 17.2 Å². The van der Waals surface area contributed by atoms with Crippen molar-refractivity contribution in [2.45, 2.75) is 20.3 Å². The number of nitrogens with zero attached hydrogens (tertiary/aromatic N) is 2. The van der Waals surface area contributed by atoms with Gasteiger partial charge >= 0.3 is 0 Å². The average molecular weight is 295 g/mol.